The van der Waals surface area contributed by atoms with Crippen molar-refractivity contribution in [3.63, 3.8) is 0 Å². The first kappa shape index (κ1) is 16.0. The third-order valence-corrected chi connectivity index (χ3v) is 4.43. The van der Waals surface area contributed by atoms with Crippen LogP contribution in [0.2, 0.25) is 5.02 Å². The van der Waals surface area contributed by atoms with Crippen LogP contribution in [0.1, 0.15) is 12.0 Å². The maximum Gasteiger partial charge on any atom is 0.331 e. The van der Waals surface area contributed by atoms with Crippen LogP contribution in [0.25, 0.3) is 0 Å². The van der Waals surface area contributed by atoms with E-state index in [-0.39, 0.29) is 5.97 Å². The number of esters is 1. The van der Waals surface area contributed by atoms with Crippen LogP contribution in [-0.4, -0.2) is 24.8 Å². The lowest BCUT2D eigenvalue weighted by atomic mass is 10.0. The maximum atomic E-state index is 12.1. The molecule has 1 atom stereocenters. The normalized spacial score (nSPS) is 17.1. The molecule has 0 fully saturated rings. The third-order valence-electron chi connectivity index (χ3n) is 3.65. The van der Waals surface area contributed by atoms with Gasteiger partial charge < -0.3 is 4.74 Å². The molecule has 0 amide bonds. The molecule has 118 valence electrons. The lowest BCUT2D eigenvalue weighted by Crippen LogP contribution is -2.35. The molecule has 23 heavy (non-hydrogen) atoms. The molecule has 2 aromatic rings. The zero-order valence-corrected chi connectivity index (χ0v) is 14.7. The fourth-order valence-corrected chi connectivity index (χ4v) is 2.87. The Kier molecular flexibility index (Phi) is 4.68. The SMILES string of the molecule is COC(=O)C1CC(c2ccc(Cl)cc2)=NN1c1ccc(Br)cc1. The number of benzene rings is 2. The first-order chi connectivity index (χ1) is 11.1. The molecule has 6 heteroatoms. The van der Waals surface area contributed by atoms with E-state index in [1.54, 1.807) is 5.01 Å². The highest BCUT2D eigenvalue weighted by Gasteiger charge is 2.34. The van der Waals surface area contributed by atoms with Gasteiger partial charge in [0.15, 0.2) is 6.04 Å². The van der Waals surface area contributed by atoms with E-state index in [2.05, 4.69) is 21.0 Å². The molecule has 1 heterocycles. The second-order valence-electron chi connectivity index (χ2n) is 5.12. The summed E-state index contributed by atoms with van der Waals surface area (Å²) in [5, 5.41) is 7.01. The largest absolute Gasteiger partial charge is 0.467 e. The summed E-state index contributed by atoms with van der Waals surface area (Å²) >= 11 is 9.34. The van der Waals surface area contributed by atoms with Crippen LogP contribution in [0, 0.1) is 0 Å². The third kappa shape index (κ3) is 3.41. The average Bonchev–Trinajstić information content (AvgIpc) is 3.00. The van der Waals surface area contributed by atoms with E-state index in [1.165, 1.54) is 7.11 Å². The molecule has 1 aliphatic rings. The van der Waals surface area contributed by atoms with Crippen molar-refractivity contribution in [1.82, 2.24) is 0 Å². The number of carbonyl (C=O) groups excluding carboxylic acids is 1. The van der Waals surface area contributed by atoms with E-state index >= 15 is 0 Å². The van der Waals surface area contributed by atoms with E-state index in [0.29, 0.717) is 11.4 Å². The summed E-state index contributed by atoms with van der Waals surface area (Å²) in [6, 6.07) is 14.6. The van der Waals surface area contributed by atoms with Gasteiger partial charge >= 0.3 is 5.97 Å². The fourth-order valence-electron chi connectivity index (χ4n) is 2.48. The van der Waals surface area contributed by atoms with E-state index in [4.69, 9.17) is 16.3 Å². The smallest absolute Gasteiger partial charge is 0.331 e. The number of rotatable bonds is 3. The number of halogens is 2. The number of carbonyl (C=O) groups is 1. The lowest BCUT2D eigenvalue weighted by Gasteiger charge is -2.21. The monoisotopic (exact) mass is 392 g/mol. The van der Waals surface area contributed by atoms with Crippen molar-refractivity contribution in [1.29, 1.82) is 0 Å². The van der Waals surface area contributed by atoms with Crippen LogP contribution in [0.5, 0.6) is 0 Å². The molecule has 2 aromatic carbocycles. The molecule has 0 bridgehead atoms. The minimum atomic E-state index is -0.466. The summed E-state index contributed by atoms with van der Waals surface area (Å²) in [7, 11) is 1.39. The number of methoxy groups -OCH3 is 1. The number of nitrogens with zero attached hydrogens (tertiary/aromatic N) is 2. The Labute approximate surface area is 147 Å². The van der Waals surface area contributed by atoms with Gasteiger partial charge in [-0.05, 0) is 42.0 Å². The van der Waals surface area contributed by atoms with Gasteiger partial charge in [-0.3, -0.25) is 5.01 Å². The van der Waals surface area contributed by atoms with Crippen molar-refractivity contribution in [3.05, 3.63) is 63.6 Å². The Balaban J connectivity index is 1.96. The highest BCUT2D eigenvalue weighted by Crippen LogP contribution is 2.29. The minimum absolute atomic E-state index is 0.305. The molecule has 0 aromatic heterocycles. The van der Waals surface area contributed by atoms with Gasteiger partial charge in [-0.2, -0.15) is 5.10 Å². The molecule has 0 spiro atoms. The second kappa shape index (κ2) is 6.72. The van der Waals surface area contributed by atoms with Gasteiger partial charge in [-0.15, -0.1) is 0 Å². The number of ether oxygens (including phenoxy) is 1. The van der Waals surface area contributed by atoms with Crippen molar-refractivity contribution in [2.75, 3.05) is 12.1 Å². The highest BCUT2D eigenvalue weighted by atomic mass is 79.9. The highest BCUT2D eigenvalue weighted by molar-refractivity contribution is 9.10. The summed E-state index contributed by atoms with van der Waals surface area (Å²) in [6.07, 6.45) is 0.490. The predicted octanol–water partition coefficient (Wildman–Crippen LogP) is 4.26. The van der Waals surface area contributed by atoms with Crippen LogP contribution < -0.4 is 5.01 Å². The van der Waals surface area contributed by atoms with Crippen LogP contribution in [0.3, 0.4) is 0 Å². The molecule has 0 saturated carbocycles. The Bertz CT molecular complexity index is 744. The molecule has 4 nitrogen and oxygen atoms in total. The Morgan fingerprint density at radius 2 is 1.87 bits per heavy atom. The van der Waals surface area contributed by atoms with Crippen LogP contribution >= 0.6 is 27.5 Å². The van der Waals surface area contributed by atoms with Crippen molar-refractivity contribution in [2.24, 2.45) is 5.10 Å². The molecular formula is C17H14BrClN2O2. The van der Waals surface area contributed by atoms with Gasteiger partial charge in [0.1, 0.15) is 0 Å². The van der Waals surface area contributed by atoms with Gasteiger partial charge in [0.25, 0.3) is 0 Å². The van der Waals surface area contributed by atoms with Gasteiger partial charge in [-0.1, -0.05) is 39.7 Å². The average molecular weight is 394 g/mol. The summed E-state index contributed by atoms with van der Waals surface area (Å²) < 4.78 is 5.90. The topological polar surface area (TPSA) is 41.9 Å². The quantitative estimate of drug-likeness (QED) is 0.732. The lowest BCUT2D eigenvalue weighted by molar-refractivity contribution is -0.141. The standard InChI is InChI=1S/C17H14BrClN2O2/c1-23-17(22)16-10-15(11-2-6-13(19)7-3-11)20-21(16)14-8-4-12(18)5-9-14/h2-9,16H,10H2,1H3. The van der Waals surface area contributed by atoms with E-state index in [1.807, 2.05) is 48.5 Å². The maximum absolute atomic E-state index is 12.1. The number of hydrazone groups is 1. The molecule has 3 rings (SSSR count). The first-order valence-electron chi connectivity index (χ1n) is 7.04. The molecule has 1 aliphatic heterocycles. The summed E-state index contributed by atoms with van der Waals surface area (Å²) in [5.41, 5.74) is 2.62. The van der Waals surface area contributed by atoms with E-state index in [0.717, 1.165) is 21.4 Å². The first-order valence-corrected chi connectivity index (χ1v) is 8.21. The number of hydrogen-bond donors (Lipinski definition) is 0. The predicted molar refractivity (Wildman–Crippen MR) is 95.0 cm³/mol. The van der Waals surface area contributed by atoms with Crippen LogP contribution in [0.15, 0.2) is 58.1 Å². The number of anilines is 1. The number of hydrogen-bond acceptors (Lipinski definition) is 4. The van der Waals surface area contributed by atoms with Crippen molar-refractivity contribution in [2.45, 2.75) is 12.5 Å². The fraction of sp³-hybridized carbons (Fsp3) is 0.176. The molecule has 0 radical (unpaired) electrons. The van der Waals surface area contributed by atoms with Gasteiger partial charge in [0.05, 0.1) is 18.5 Å². The second-order valence-corrected chi connectivity index (χ2v) is 6.47. The molecule has 0 saturated heterocycles. The van der Waals surface area contributed by atoms with Crippen molar-refractivity contribution in [3.8, 4) is 0 Å². The minimum Gasteiger partial charge on any atom is -0.467 e. The van der Waals surface area contributed by atoms with Crippen LogP contribution in [0.4, 0.5) is 5.69 Å². The van der Waals surface area contributed by atoms with Gasteiger partial charge in [-0.25, -0.2) is 4.79 Å². The van der Waals surface area contributed by atoms with Crippen molar-refractivity contribution >= 4 is 44.9 Å². The molecule has 0 N–H and O–H groups in total. The van der Waals surface area contributed by atoms with Gasteiger partial charge in [0, 0.05) is 15.9 Å². The Hall–Kier alpha value is -1.85. The summed E-state index contributed by atoms with van der Waals surface area (Å²) in [5.74, 6) is -0.305. The van der Waals surface area contributed by atoms with E-state index in [9.17, 15) is 4.79 Å². The van der Waals surface area contributed by atoms with Gasteiger partial charge in [0.2, 0.25) is 0 Å². The summed E-state index contributed by atoms with van der Waals surface area (Å²) in [6.45, 7) is 0. The Morgan fingerprint density at radius 1 is 1.22 bits per heavy atom. The molecule has 0 aliphatic carbocycles. The zero-order valence-electron chi connectivity index (χ0n) is 12.4. The summed E-state index contributed by atoms with van der Waals surface area (Å²) in [4.78, 5) is 12.1. The Morgan fingerprint density at radius 3 is 2.48 bits per heavy atom. The molecule has 1 unspecified atom stereocenters. The zero-order chi connectivity index (χ0) is 16.4. The van der Waals surface area contributed by atoms with Crippen molar-refractivity contribution < 1.29 is 9.53 Å². The van der Waals surface area contributed by atoms with Crippen LogP contribution in [-0.2, 0) is 9.53 Å². The van der Waals surface area contributed by atoms with E-state index < -0.39 is 6.04 Å². The molecular weight excluding hydrogens is 380 g/mol.